The molecule has 1 aliphatic rings. The molecule has 0 aromatic heterocycles. The van der Waals surface area contributed by atoms with Crippen LogP contribution in [0.15, 0.2) is 24.3 Å². The van der Waals surface area contributed by atoms with Crippen molar-refractivity contribution in [3.05, 3.63) is 35.4 Å². The molecule has 2 unspecified atom stereocenters. The summed E-state index contributed by atoms with van der Waals surface area (Å²) in [4.78, 5) is 14.0. The zero-order chi connectivity index (χ0) is 15.2. The van der Waals surface area contributed by atoms with E-state index < -0.39 is 0 Å². The lowest BCUT2D eigenvalue weighted by atomic mass is 10.0. The minimum absolute atomic E-state index is 0.162. The summed E-state index contributed by atoms with van der Waals surface area (Å²) in [6.07, 6.45) is 1.65. The van der Waals surface area contributed by atoms with Crippen LogP contribution in [-0.2, 0) is 22.5 Å². The van der Waals surface area contributed by atoms with Gasteiger partial charge in [-0.1, -0.05) is 31.2 Å². The van der Waals surface area contributed by atoms with Crippen LogP contribution in [0.5, 0.6) is 0 Å². The minimum Gasteiger partial charge on any atom is -0.376 e. The number of nitrogens with one attached hydrogen (secondary N) is 1. The maximum atomic E-state index is 11.5. The quantitative estimate of drug-likeness (QED) is 0.486. The highest BCUT2D eigenvalue weighted by Gasteiger charge is 2.26. The van der Waals surface area contributed by atoms with Gasteiger partial charge in [0, 0.05) is 19.1 Å². The maximum absolute atomic E-state index is 11.5. The molecule has 0 saturated carbocycles. The van der Waals surface area contributed by atoms with Crippen molar-refractivity contribution in [2.45, 2.75) is 45.4 Å². The molecule has 0 radical (unpaired) electrons. The predicted molar refractivity (Wildman–Crippen MR) is 82.4 cm³/mol. The molecule has 116 valence electrons. The number of ether oxygens (including phenoxy) is 1. The van der Waals surface area contributed by atoms with Crippen LogP contribution in [0.2, 0.25) is 0 Å². The molecule has 1 heterocycles. The smallest absolute Gasteiger partial charge is 0.238 e. The number of hydrazine groups is 1. The Morgan fingerprint density at radius 1 is 1.43 bits per heavy atom. The molecular formula is C16H25N3O2. The fourth-order valence-corrected chi connectivity index (χ4v) is 2.81. The van der Waals surface area contributed by atoms with Crippen LogP contribution in [0.1, 0.15) is 31.4 Å². The van der Waals surface area contributed by atoms with Gasteiger partial charge in [-0.15, -0.1) is 0 Å². The number of hydrogen-bond donors (Lipinski definition) is 2. The molecule has 1 aliphatic heterocycles. The predicted octanol–water partition coefficient (Wildman–Crippen LogP) is 1.22. The molecule has 1 fully saturated rings. The number of benzene rings is 1. The van der Waals surface area contributed by atoms with Crippen molar-refractivity contribution in [2.75, 3.05) is 13.2 Å². The van der Waals surface area contributed by atoms with E-state index in [4.69, 9.17) is 10.6 Å². The molecule has 2 rings (SSSR count). The Morgan fingerprint density at radius 3 is 2.81 bits per heavy atom. The van der Waals surface area contributed by atoms with E-state index in [1.54, 1.807) is 0 Å². The molecule has 3 N–H and O–H groups in total. The van der Waals surface area contributed by atoms with E-state index in [-0.39, 0.29) is 12.0 Å². The molecule has 2 atom stereocenters. The first-order chi connectivity index (χ1) is 10.1. The van der Waals surface area contributed by atoms with Crippen LogP contribution in [0.4, 0.5) is 0 Å². The highest BCUT2D eigenvalue weighted by molar-refractivity contribution is 5.78. The van der Waals surface area contributed by atoms with Gasteiger partial charge >= 0.3 is 0 Å². The third kappa shape index (κ3) is 4.27. The molecule has 0 aliphatic carbocycles. The Hall–Kier alpha value is -1.43. The molecule has 5 heteroatoms. The monoisotopic (exact) mass is 291 g/mol. The Labute approximate surface area is 126 Å². The number of carbonyl (C=O) groups is 1. The summed E-state index contributed by atoms with van der Waals surface area (Å²) < 4.78 is 5.74. The van der Waals surface area contributed by atoms with Gasteiger partial charge < -0.3 is 4.74 Å². The topological polar surface area (TPSA) is 67.6 Å². The Bertz CT molecular complexity index is 478. The average molecular weight is 291 g/mol. The summed E-state index contributed by atoms with van der Waals surface area (Å²) in [5, 5.41) is 0. The third-order valence-electron chi connectivity index (χ3n) is 4.06. The second-order valence-electron chi connectivity index (χ2n) is 5.65. The summed E-state index contributed by atoms with van der Waals surface area (Å²) in [6, 6.07) is 8.50. The van der Waals surface area contributed by atoms with Crippen molar-refractivity contribution < 1.29 is 9.53 Å². The normalized spacial score (nSPS) is 23.0. The van der Waals surface area contributed by atoms with Gasteiger partial charge in [-0.3, -0.25) is 15.1 Å². The molecule has 1 aromatic carbocycles. The summed E-state index contributed by atoms with van der Waals surface area (Å²) in [7, 11) is 0. The summed E-state index contributed by atoms with van der Waals surface area (Å²) in [5.41, 5.74) is 4.42. The first-order valence-electron chi connectivity index (χ1n) is 7.56. The molecule has 1 saturated heterocycles. The third-order valence-corrected chi connectivity index (χ3v) is 4.06. The van der Waals surface area contributed by atoms with Crippen molar-refractivity contribution in [2.24, 2.45) is 5.84 Å². The summed E-state index contributed by atoms with van der Waals surface area (Å²) >= 11 is 0. The van der Waals surface area contributed by atoms with Crippen molar-refractivity contribution in [1.29, 1.82) is 0 Å². The fourth-order valence-electron chi connectivity index (χ4n) is 2.81. The Morgan fingerprint density at radius 2 is 2.14 bits per heavy atom. The molecule has 0 spiro atoms. The van der Waals surface area contributed by atoms with Gasteiger partial charge in [0.2, 0.25) is 5.91 Å². The molecule has 0 bridgehead atoms. The van der Waals surface area contributed by atoms with Gasteiger partial charge in [0.25, 0.3) is 0 Å². The van der Waals surface area contributed by atoms with E-state index in [9.17, 15) is 4.79 Å². The number of hydrogen-bond acceptors (Lipinski definition) is 4. The molecule has 5 nitrogen and oxygen atoms in total. The van der Waals surface area contributed by atoms with Crippen LogP contribution in [0, 0.1) is 0 Å². The highest BCUT2D eigenvalue weighted by atomic mass is 16.5. The Balaban J connectivity index is 2.12. The largest absolute Gasteiger partial charge is 0.376 e. The number of morpholine rings is 1. The molecular weight excluding hydrogens is 266 g/mol. The van der Waals surface area contributed by atoms with E-state index in [0.29, 0.717) is 12.5 Å². The summed E-state index contributed by atoms with van der Waals surface area (Å²) in [5.74, 6) is 5.03. The molecule has 1 amide bonds. The second-order valence-corrected chi connectivity index (χ2v) is 5.65. The van der Waals surface area contributed by atoms with E-state index in [0.717, 1.165) is 31.7 Å². The lowest BCUT2D eigenvalue weighted by molar-refractivity contribution is -0.120. The molecule has 1 aromatic rings. The number of nitrogens with zero attached hydrogens (tertiary/aromatic N) is 1. The summed E-state index contributed by atoms with van der Waals surface area (Å²) in [6.45, 7) is 6.84. The van der Waals surface area contributed by atoms with Crippen LogP contribution in [0.25, 0.3) is 0 Å². The van der Waals surface area contributed by atoms with Crippen molar-refractivity contribution in [1.82, 2.24) is 10.3 Å². The first-order valence-corrected chi connectivity index (χ1v) is 7.56. The second kappa shape index (κ2) is 7.54. The number of carbonyl (C=O) groups excluding carboxylic acids is 1. The number of nitrogens with two attached hydrogens (primary N) is 1. The highest BCUT2D eigenvalue weighted by Crippen LogP contribution is 2.20. The first kappa shape index (κ1) is 15.9. The van der Waals surface area contributed by atoms with Crippen LogP contribution in [-0.4, -0.2) is 36.1 Å². The minimum atomic E-state index is -0.162. The van der Waals surface area contributed by atoms with Crippen molar-refractivity contribution in [3.8, 4) is 0 Å². The van der Waals surface area contributed by atoms with Crippen molar-refractivity contribution in [3.63, 3.8) is 0 Å². The SMILES string of the molecule is CCC1COC(C)CN1Cc1ccccc1CC(=O)NN. The van der Waals surface area contributed by atoms with Gasteiger partial charge in [-0.25, -0.2) is 5.84 Å². The maximum Gasteiger partial charge on any atom is 0.238 e. The Kier molecular flexibility index (Phi) is 5.73. The van der Waals surface area contributed by atoms with Gasteiger partial charge in [0.15, 0.2) is 0 Å². The van der Waals surface area contributed by atoms with E-state index in [1.165, 1.54) is 5.56 Å². The lowest BCUT2D eigenvalue weighted by Crippen LogP contribution is -2.48. The molecule has 21 heavy (non-hydrogen) atoms. The average Bonchev–Trinajstić information content (AvgIpc) is 2.49. The van der Waals surface area contributed by atoms with Crippen LogP contribution in [0.3, 0.4) is 0 Å². The van der Waals surface area contributed by atoms with E-state index in [2.05, 4.69) is 30.2 Å². The van der Waals surface area contributed by atoms with Gasteiger partial charge in [0.1, 0.15) is 0 Å². The van der Waals surface area contributed by atoms with Crippen molar-refractivity contribution >= 4 is 5.91 Å². The lowest BCUT2D eigenvalue weighted by Gasteiger charge is -2.38. The van der Waals surface area contributed by atoms with Gasteiger partial charge in [0.05, 0.1) is 19.1 Å². The standard InChI is InChI=1S/C16H25N3O2/c1-3-15-11-21-12(2)9-19(15)10-14-7-5-4-6-13(14)8-16(20)18-17/h4-7,12,15H,3,8-11,17H2,1-2H3,(H,18,20). The van der Waals surface area contributed by atoms with Gasteiger partial charge in [-0.2, -0.15) is 0 Å². The zero-order valence-corrected chi connectivity index (χ0v) is 12.8. The fraction of sp³-hybridized carbons (Fsp3) is 0.562. The van der Waals surface area contributed by atoms with E-state index in [1.807, 2.05) is 18.2 Å². The van der Waals surface area contributed by atoms with Crippen LogP contribution < -0.4 is 11.3 Å². The van der Waals surface area contributed by atoms with Crippen LogP contribution >= 0.6 is 0 Å². The number of amides is 1. The zero-order valence-electron chi connectivity index (χ0n) is 12.8. The van der Waals surface area contributed by atoms with Gasteiger partial charge in [-0.05, 0) is 24.5 Å². The number of rotatable bonds is 5. The van der Waals surface area contributed by atoms with E-state index >= 15 is 0 Å².